The largest absolute Gasteiger partial charge is 0.495 e. The maximum absolute atomic E-state index is 6.32. The van der Waals surface area contributed by atoms with E-state index in [1.54, 1.807) is 26.7 Å². The molecular formula is C15H18ClNO3. The lowest BCUT2D eigenvalue weighted by molar-refractivity contribution is 0.388. The Morgan fingerprint density at radius 2 is 2.05 bits per heavy atom. The molecule has 1 unspecified atom stereocenters. The molecule has 0 saturated carbocycles. The zero-order valence-corrected chi connectivity index (χ0v) is 12.5. The first-order chi connectivity index (χ1) is 9.72. The van der Waals surface area contributed by atoms with Crippen LogP contribution in [0.25, 0.3) is 0 Å². The van der Waals surface area contributed by atoms with Gasteiger partial charge in [-0.15, -0.1) is 0 Å². The van der Waals surface area contributed by atoms with Crippen molar-refractivity contribution in [3.05, 3.63) is 46.9 Å². The van der Waals surface area contributed by atoms with Crippen LogP contribution in [0.4, 0.5) is 0 Å². The van der Waals surface area contributed by atoms with Crippen LogP contribution in [-0.2, 0) is 0 Å². The van der Waals surface area contributed by atoms with E-state index in [-0.39, 0.29) is 6.04 Å². The fourth-order valence-corrected chi connectivity index (χ4v) is 2.52. The van der Waals surface area contributed by atoms with Gasteiger partial charge in [-0.3, -0.25) is 0 Å². The summed E-state index contributed by atoms with van der Waals surface area (Å²) in [7, 11) is 3.18. The number of halogens is 1. The van der Waals surface area contributed by atoms with Crippen molar-refractivity contribution in [3.63, 3.8) is 0 Å². The molecule has 0 amide bonds. The van der Waals surface area contributed by atoms with E-state index in [9.17, 15) is 0 Å². The van der Waals surface area contributed by atoms with Crippen LogP contribution in [-0.4, -0.2) is 20.8 Å². The lowest BCUT2D eigenvalue weighted by Gasteiger charge is -2.21. The summed E-state index contributed by atoms with van der Waals surface area (Å²) in [4.78, 5) is 0. The predicted octanol–water partition coefficient (Wildman–Crippen LogP) is 3.65. The number of rotatable bonds is 6. The molecule has 1 aromatic heterocycles. The quantitative estimate of drug-likeness (QED) is 0.883. The lowest BCUT2D eigenvalue weighted by atomic mass is 10.00. The highest BCUT2D eigenvalue weighted by atomic mass is 35.5. The van der Waals surface area contributed by atoms with Gasteiger partial charge in [0.05, 0.1) is 32.8 Å². The highest BCUT2D eigenvalue weighted by Gasteiger charge is 2.22. The molecule has 0 radical (unpaired) electrons. The van der Waals surface area contributed by atoms with Gasteiger partial charge in [0.25, 0.3) is 0 Å². The summed E-state index contributed by atoms with van der Waals surface area (Å²) in [6.07, 6.45) is 3.36. The molecule has 0 bridgehead atoms. The van der Waals surface area contributed by atoms with Crippen molar-refractivity contribution in [2.45, 2.75) is 13.0 Å². The zero-order chi connectivity index (χ0) is 14.5. The van der Waals surface area contributed by atoms with Gasteiger partial charge in [0.1, 0.15) is 16.5 Å². The zero-order valence-electron chi connectivity index (χ0n) is 11.8. The van der Waals surface area contributed by atoms with Gasteiger partial charge < -0.3 is 19.2 Å². The Bertz CT molecular complexity index is 554. The molecule has 1 atom stereocenters. The van der Waals surface area contributed by atoms with Gasteiger partial charge in [-0.2, -0.15) is 0 Å². The minimum absolute atomic E-state index is 0.0443. The van der Waals surface area contributed by atoms with Gasteiger partial charge in [-0.05, 0) is 24.7 Å². The molecule has 1 aromatic carbocycles. The molecule has 0 aliphatic heterocycles. The monoisotopic (exact) mass is 295 g/mol. The molecule has 1 N–H and O–H groups in total. The number of nitrogens with one attached hydrogen (secondary N) is 1. The lowest BCUT2D eigenvalue weighted by Crippen LogP contribution is -2.22. The summed E-state index contributed by atoms with van der Waals surface area (Å²) in [6, 6.07) is 5.66. The van der Waals surface area contributed by atoms with E-state index in [1.165, 1.54) is 0 Å². The van der Waals surface area contributed by atoms with Crippen LogP contribution >= 0.6 is 11.6 Å². The molecule has 0 saturated heterocycles. The Balaban J connectivity index is 2.51. The van der Waals surface area contributed by atoms with E-state index in [1.807, 2.05) is 25.1 Å². The van der Waals surface area contributed by atoms with Crippen molar-refractivity contribution in [2.75, 3.05) is 20.8 Å². The third-order valence-corrected chi connectivity index (χ3v) is 3.47. The van der Waals surface area contributed by atoms with Gasteiger partial charge in [0.15, 0.2) is 0 Å². The number of methoxy groups -OCH3 is 2. The van der Waals surface area contributed by atoms with Gasteiger partial charge in [0, 0.05) is 11.1 Å². The van der Waals surface area contributed by atoms with Gasteiger partial charge in [-0.25, -0.2) is 0 Å². The second-order valence-electron chi connectivity index (χ2n) is 4.25. The molecule has 0 fully saturated rings. The third-order valence-electron chi connectivity index (χ3n) is 3.11. The van der Waals surface area contributed by atoms with Crippen LogP contribution in [0, 0.1) is 0 Å². The Labute approximate surface area is 123 Å². The molecular weight excluding hydrogens is 278 g/mol. The Kier molecular flexibility index (Phi) is 4.93. The Morgan fingerprint density at radius 1 is 1.25 bits per heavy atom. The van der Waals surface area contributed by atoms with Gasteiger partial charge >= 0.3 is 0 Å². The van der Waals surface area contributed by atoms with Crippen molar-refractivity contribution in [2.24, 2.45) is 0 Å². The Morgan fingerprint density at radius 3 is 2.60 bits per heavy atom. The highest BCUT2D eigenvalue weighted by molar-refractivity contribution is 6.33. The molecule has 5 heteroatoms. The smallest absolute Gasteiger partial charge is 0.146 e. The fourth-order valence-electron chi connectivity index (χ4n) is 2.20. The van der Waals surface area contributed by atoms with Crippen LogP contribution < -0.4 is 14.8 Å². The number of hydrogen-bond donors (Lipinski definition) is 1. The van der Waals surface area contributed by atoms with E-state index in [2.05, 4.69) is 5.32 Å². The van der Waals surface area contributed by atoms with E-state index in [0.717, 1.165) is 17.7 Å². The van der Waals surface area contributed by atoms with E-state index in [0.29, 0.717) is 16.5 Å². The second kappa shape index (κ2) is 6.68. The summed E-state index contributed by atoms with van der Waals surface area (Å²) >= 11 is 6.32. The molecule has 20 heavy (non-hydrogen) atoms. The van der Waals surface area contributed by atoms with Crippen LogP contribution in [0.3, 0.4) is 0 Å². The summed E-state index contributed by atoms with van der Waals surface area (Å²) in [5.41, 5.74) is 1.97. The Hall–Kier alpha value is -1.65. The molecule has 0 spiro atoms. The summed E-state index contributed by atoms with van der Waals surface area (Å²) in [6.45, 7) is 2.85. The molecule has 4 nitrogen and oxygen atoms in total. The van der Waals surface area contributed by atoms with Crippen LogP contribution in [0.1, 0.15) is 24.1 Å². The van der Waals surface area contributed by atoms with E-state index < -0.39 is 0 Å². The van der Waals surface area contributed by atoms with Gasteiger partial charge in [-0.1, -0.05) is 18.5 Å². The van der Waals surface area contributed by atoms with E-state index in [4.69, 9.17) is 25.5 Å². The number of ether oxygens (including phenoxy) is 2. The standard InChI is InChI=1S/C15H18ClNO3/c1-4-17-14(10-7-8-20-9-10)11-5-6-12(18-2)13(16)15(11)19-3/h5-9,14,17H,4H2,1-3H3. The van der Waals surface area contributed by atoms with Crippen molar-refractivity contribution < 1.29 is 13.9 Å². The topological polar surface area (TPSA) is 43.6 Å². The summed E-state index contributed by atoms with van der Waals surface area (Å²) in [5.74, 6) is 1.20. The summed E-state index contributed by atoms with van der Waals surface area (Å²) in [5, 5.41) is 3.87. The van der Waals surface area contributed by atoms with Crippen LogP contribution in [0.2, 0.25) is 5.02 Å². The first kappa shape index (κ1) is 14.8. The molecule has 2 aromatic rings. The normalized spacial score (nSPS) is 12.2. The average molecular weight is 296 g/mol. The maximum Gasteiger partial charge on any atom is 0.146 e. The number of hydrogen-bond acceptors (Lipinski definition) is 4. The van der Waals surface area contributed by atoms with Crippen LogP contribution in [0.5, 0.6) is 11.5 Å². The first-order valence-corrected chi connectivity index (χ1v) is 6.76. The maximum atomic E-state index is 6.32. The predicted molar refractivity (Wildman–Crippen MR) is 78.8 cm³/mol. The molecule has 1 heterocycles. The van der Waals surface area contributed by atoms with Crippen molar-refractivity contribution in [1.29, 1.82) is 0 Å². The van der Waals surface area contributed by atoms with Gasteiger partial charge in [0.2, 0.25) is 0 Å². The molecule has 0 aliphatic carbocycles. The third kappa shape index (κ3) is 2.76. The second-order valence-corrected chi connectivity index (χ2v) is 4.63. The first-order valence-electron chi connectivity index (χ1n) is 6.38. The van der Waals surface area contributed by atoms with Crippen molar-refractivity contribution >= 4 is 11.6 Å². The minimum Gasteiger partial charge on any atom is -0.495 e. The van der Waals surface area contributed by atoms with E-state index >= 15 is 0 Å². The fraction of sp³-hybridized carbons (Fsp3) is 0.333. The summed E-state index contributed by atoms with van der Waals surface area (Å²) < 4.78 is 15.9. The SMILES string of the molecule is CCNC(c1ccoc1)c1ccc(OC)c(Cl)c1OC. The number of furan rings is 1. The molecule has 108 valence electrons. The molecule has 0 aliphatic rings. The highest BCUT2D eigenvalue weighted by Crippen LogP contribution is 2.41. The number of benzene rings is 1. The molecule has 2 rings (SSSR count). The van der Waals surface area contributed by atoms with Crippen molar-refractivity contribution in [1.82, 2.24) is 5.32 Å². The van der Waals surface area contributed by atoms with Crippen LogP contribution in [0.15, 0.2) is 35.1 Å². The average Bonchev–Trinajstić information content (AvgIpc) is 2.98. The minimum atomic E-state index is -0.0443. The van der Waals surface area contributed by atoms with Crippen molar-refractivity contribution in [3.8, 4) is 11.5 Å².